The average molecular weight is 365 g/mol. The standard InChI is InChI=1S/C19H28FN3O3/c1-25-10-9-23-14-19(12-16(23)13-26-2)4-7-22(8-5-19)18(24)15-3-6-21-17(20)11-15/h3,6,11,16H,4-5,7-10,12-14H2,1-2H3/t16-/m1/s1. The first-order chi connectivity index (χ1) is 12.6. The molecule has 6 nitrogen and oxygen atoms in total. The van der Waals surface area contributed by atoms with E-state index in [0.29, 0.717) is 31.3 Å². The van der Waals surface area contributed by atoms with E-state index in [0.717, 1.165) is 39.0 Å². The molecule has 0 saturated carbocycles. The van der Waals surface area contributed by atoms with Crippen molar-refractivity contribution in [2.24, 2.45) is 5.41 Å². The number of rotatable bonds is 6. The zero-order valence-electron chi connectivity index (χ0n) is 15.6. The van der Waals surface area contributed by atoms with E-state index in [1.54, 1.807) is 20.3 Å². The summed E-state index contributed by atoms with van der Waals surface area (Å²) in [6.07, 6.45) is 4.37. The van der Waals surface area contributed by atoms with Crippen LogP contribution in [-0.4, -0.2) is 80.3 Å². The Morgan fingerprint density at radius 1 is 1.35 bits per heavy atom. The van der Waals surface area contributed by atoms with Crippen molar-refractivity contribution >= 4 is 5.91 Å². The molecular weight excluding hydrogens is 337 g/mol. The number of hydrogen-bond acceptors (Lipinski definition) is 5. The number of pyridine rings is 1. The Morgan fingerprint density at radius 3 is 2.77 bits per heavy atom. The minimum atomic E-state index is -0.615. The number of nitrogens with zero attached hydrogens (tertiary/aromatic N) is 3. The Kier molecular flexibility index (Phi) is 6.21. The van der Waals surface area contributed by atoms with Gasteiger partial charge in [0.1, 0.15) is 0 Å². The van der Waals surface area contributed by atoms with Crippen LogP contribution in [-0.2, 0) is 9.47 Å². The van der Waals surface area contributed by atoms with Crippen LogP contribution in [0.1, 0.15) is 29.6 Å². The molecule has 2 fully saturated rings. The van der Waals surface area contributed by atoms with Gasteiger partial charge in [0.2, 0.25) is 5.95 Å². The molecule has 1 aromatic heterocycles. The Labute approximate surface area is 154 Å². The molecule has 0 radical (unpaired) electrons. The molecule has 3 rings (SSSR count). The molecule has 7 heteroatoms. The summed E-state index contributed by atoms with van der Waals surface area (Å²) in [5, 5.41) is 0. The molecule has 0 aromatic carbocycles. The van der Waals surface area contributed by atoms with Crippen LogP contribution < -0.4 is 0 Å². The predicted molar refractivity (Wildman–Crippen MR) is 95.5 cm³/mol. The summed E-state index contributed by atoms with van der Waals surface area (Å²) >= 11 is 0. The Morgan fingerprint density at radius 2 is 2.12 bits per heavy atom. The number of methoxy groups -OCH3 is 2. The van der Waals surface area contributed by atoms with Crippen LogP contribution in [0, 0.1) is 11.4 Å². The number of carbonyl (C=O) groups excluding carboxylic acids is 1. The number of carbonyl (C=O) groups is 1. The topological polar surface area (TPSA) is 54.9 Å². The van der Waals surface area contributed by atoms with Crippen molar-refractivity contribution in [2.45, 2.75) is 25.3 Å². The van der Waals surface area contributed by atoms with Gasteiger partial charge in [0.05, 0.1) is 13.2 Å². The number of halogens is 1. The van der Waals surface area contributed by atoms with Gasteiger partial charge in [0, 0.05) is 64.3 Å². The van der Waals surface area contributed by atoms with Gasteiger partial charge in [-0.2, -0.15) is 4.39 Å². The number of aromatic nitrogens is 1. The number of hydrogen-bond donors (Lipinski definition) is 0. The van der Waals surface area contributed by atoms with Crippen molar-refractivity contribution in [3.63, 3.8) is 0 Å². The van der Waals surface area contributed by atoms with Crippen molar-refractivity contribution in [3.05, 3.63) is 29.8 Å². The molecule has 2 aliphatic rings. The first-order valence-corrected chi connectivity index (χ1v) is 9.20. The maximum atomic E-state index is 13.3. The highest BCUT2D eigenvalue weighted by Gasteiger charge is 2.45. The summed E-state index contributed by atoms with van der Waals surface area (Å²) in [5.74, 6) is -0.722. The minimum Gasteiger partial charge on any atom is -0.383 e. The van der Waals surface area contributed by atoms with E-state index in [4.69, 9.17) is 9.47 Å². The summed E-state index contributed by atoms with van der Waals surface area (Å²) in [6.45, 7) is 4.79. The third kappa shape index (κ3) is 4.22. The molecule has 1 atom stereocenters. The summed E-state index contributed by atoms with van der Waals surface area (Å²) in [6, 6.07) is 3.20. The molecule has 0 N–H and O–H groups in total. The molecule has 0 unspecified atom stereocenters. The highest BCUT2D eigenvalue weighted by Crippen LogP contribution is 2.43. The Balaban J connectivity index is 1.61. The summed E-state index contributed by atoms with van der Waals surface area (Å²) in [4.78, 5) is 20.4. The van der Waals surface area contributed by atoms with E-state index in [1.165, 1.54) is 12.3 Å². The van der Waals surface area contributed by atoms with Crippen molar-refractivity contribution in [2.75, 3.05) is 53.6 Å². The third-order valence-corrected chi connectivity index (χ3v) is 5.75. The molecule has 0 bridgehead atoms. The third-order valence-electron chi connectivity index (χ3n) is 5.75. The molecule has 3 heterocycles. The number of amides is 1. The van der Waals surface area contributed by atoms with E-state index in [-0.39, 0.29) is 11.3 Å². The van der Waals surface area contributed by atoms with E-state index in [2.05, 4.69) is 9.88 Å². The van der Waals surface area contributed by atoms with Gasteiger partial charge in [-0.15, -0.1) is 0 Å². The molecule has 0 aliphatic carbocycles. The van der Waals surface area contributed by atoms with Crippen LogP contribution in [0.4, 0.5) is 4.39 Å². The zero-order chi connectivity index (χ0) is 18.6. The maximum Gasteiger partial charge on any atom is 0.254 e. The lowest BCUT2D eigenvalue weighted by Crippen LogP contribution is -2.44. The predicted octanol–water partition coefficient (Wildman–Crippen LogP) is 1.81. The van der Waals surface area contributed by atoms with Gasteiger partial charge in [-0.25, -0.2) is 4.98 Å². The molecule has 2 aliphatic heterocycles. The number of piperidine rings is 1. The molecule has 1 spiro atoms. The van der Waals surface area contributed by atoms with E-state index >= 15 is 0 Å². The van der Waals surface area contributed by atoms with E-state index in [1.807, 2.05) is 4.90 Å². The number of likely N-dealkylation sites (tertiary alicyclic amines) is 2. The van der Waals surface area contributed by atoms with Crippen LogP contribution in [0.2, 0.25) is 0 Å². The summed E-state index contributed by atoms with van der Waals surface area (Å²) < 4.78 is 23.9. The van der Waals surface area contributed by atoms with Gasteiger partial charge in [-0.1, -0.05) is 0 Å². The van der Waals surface area contributed by atoms with Gasteiger partial charge < -0.3 is 14.4 Å². The second-order valence-corrected chi connectivity index (χ2v) is 7.44. The monoisotopic (exact) mass is 365 g/mol. The first kappa shape index (κ1) is 19.2. The minimum absolute atomic E-state index is 0.108. The SMILES string of the molecule is COCCN1CC2(CCN(C(=O)c3ccnc(F)c3)CC2)C[C@@H]1COC. The average Bonchev–Trinajstić information content (AvgIpc) is 2.97. The van der Waals surface area contributed by atoms with Crippen LogP contribution >= 0.6 is 0 Å². The quantitative estimate of drug-likeness (QED) is 0.720. The normalized spacial score (nSPS) is 22.9. The molecule has 1 aromatic rings. The number of ether oxygens (including phenoxy) is 2. The van der Waals surface area contributed by atoms with Crippen LogP contribution in [0.25, 0.3) is 0 Å². The zero-order valence-corrected chi connectivity index (χ0v) is 15.6. The fourth-order valence-electron chi connectivity index (χ4n) is 4.34. The lowest BCUT2D eigenvalue weighted by molar-refractivity contribution is 0.0581. The van der Waals surface area contributed by atoms with Crippen LogP contribution in [0.15, 0.2) is 18.3 Å². The highest BCUT2D eigenvalue weighted by molar-refractivity contribution is 5.94. The van der Waals surface area contributed by atoms with Crippen molar-refractivity contribution < 1.29 is 18.7 Å². The summed E-state index contributed by atoms with van der Waals surface area (Å²) in [7, 11) is 3.47. The lowest BCUT2D eigenvalue weighted by Gasteiger charge is -2.39. The molecule has 2 saturated heterocycles. The highest BCUT2D eigenvalue weighted by atomic mass is 19.1. The van der Waals surface area contributed by atoms with Crippen LogP contribution in [0.3, 0.4) is 0 Å². The molecular formula is C19H28FN3O3. The van der Waals surface area contributed by atoms with Gasteiger partial charge in [0.15, 0.2) is 0 Å². The van der Waals surface area contributed by atoms with E-state index in [9.17, 15) is 9.18 Å². The second-order valence-electron chi connectivity index (χ2n) is 7.44. The van der Waals surface area contributed by atoms with Crippen molar-refractivity contribution in [3.8, 4) is 0 Å². The van der Waals surface area contributed by atoms with Crippen molar-refractivity contribution in [1.29, 1.82) is 0 Å². The Hall–Kier alpha value is -1.57. The first-order valence-electron chi connectivity index (χ1n) is 9.20. The second kappa shape index (κ2) is 8.41. The molecule has 1 amide bonds. The van der Waals surface area contributed by atoms with Gasteiger partial charge >= 0.3 is 0 Å². The smallest absolute Gasteiger partial charge is 0.254 e. The molecule has 144 valence electrons. The van der Waals surface area contributed by atoms with Gasteiger partial charge in [-0.3, -0.25) is 9.69 Å². The van der Waals surface area contributed by atoms with Crippen LogP contribution in [0.5, 0.6) is 0 Å². The van der Waals surface area contributed by atoms with Gasteiger partial charge in [0.25, 0.3) is 5.91 Å². The van der Waals surface area contributed by atoms with E-state index < -0.39 is 5.95 Å². The van der Waals surface area contributed by atoms with Crippen molar-refractivity contribution in [1.82, 2.24) is 14.8 Å². The lowest BCUT2D eigenvalue weighted by atomic mass is 9.76. The maximum absolute atomic E-state index is 13.3. The van der Waals surface area contributed by atoms with Gasteiger partial charge in [-0.05, 0) is 30.7 Å². The fraction of sp³-hybridized carbons (Fsp3) is 0.684. The molecule has 26 heavy (non-hydrogen) atoms. The largest absolute Gasteiger partial charge is 0.383 e. The Bertz CT molecular complexity index is 620. The summed E-state index contributed by atoms with van der Waals surface area (Å²) in [5.41, 5.74) is 0.607. The fourth-order valence-corrected chi connectivity index (χ4v) is 4.34.